The number of anilines is 3. The molecule has 0 saturated carbocycles. The smallest absolute Gasteiger partial charge is 0.0540 e. The molecule has 9 rings (SSSR count). The summed E-state index contributed by atoms with van der Waals surface area (Å²) in [5.74, 6) is 0. The van der Waals surface area contributed by atoms with Crippen LogP contribution in [0.25, 0.3) is 66.4 Å². The lowest BCUT2D eigenvalue weighted by Gasteiger charge is -2.29. The van der Waals surface area contributed by atoms with E-state index >= 15 is 0 Å². The number of nitrogens with zero attached hydrogens (tertiary/aromatic N) is 1. The van der Waals surface area contributed by atoms with Crippen LogP contribution in [0.2, 0.25) is 0 Å². The van der Waals surface area contributed by atoms with Crippen LogP contribution in [0.15, 0.2) is 224 Å². The van der Waals surface area contributed by atoms with Gasteiger partial charge in [0.25, 0.3) is 0 Å². The number of hydrogen-bond acceptors (Lipinski definition) is 1. The van der Waals surface area contributed by atoms with E-state index in [1.165, 1.54) is 60.8 Å². The van der Waals surface area contributed by atoms with E-state index in [1.807, 2.05) is 0 Å². The second-order valence-electron chi connectivity index (χ2n) is 13.3. The van der Waals surface area contributed by atoms with Gasteiger partial charge in [0.05, 0.1) is 5.69 Å². The van der Waals surface area contributed by atoms with Gasteiger partial charge in [-0.25, -0.2) is 0 Å². The Bertz CT molecular complexity index is 2640. The van der Waals surface area contributed by atoms with Crippen molar-refractivity contribution in [1.29, 1.82) is 0 Å². The highest BCUT2D eigenvalue weighted by molar-refractivity contribution is 5.99. The highest BCUT2D eigenvalue weighted by Gasteiger charge is 2.21. The van der Waals surface area contributed by atoms with Crippen LogP contribution < -0.4 is 4.90 Å². The third-order valence-electron chi connectivity index (χ3n) is 10.1. The van der Waals surface area contributed by atoms with Gasteiger partial charge in [0.15, 0.2) is 0 Å². The Hall–Kier alpha value is -6.96. The molecule has 0 atom stereocenters. The Morgan fingerprint density at radius 1 is 0.245 bits per heavy atom. The van der Waals surface area contributed by atoms with E-state index in [0.717, 1.165) is 22.6 Å². The summed E-state index contributed by atoms with van der Waals surface area (Å²) in [6.07, 6.45) is 0. The van der Waals surface area contributed by atoms with Gasteiger partial charge in [0.2, 0.25) is 0 Å². The van der Waals surface area contributed by atoms with Crippen LogP contribution in [-0.4, -0.2) is 0 Å². The van der Waals surface area contributed by atoms with Crippen molar-refractivity contribution in [3.05, 3.63) is 224 Å². The van der Waals surface area contributed by atoms with Crippen LogP contribution in [0.5, 0.6) is 0 Å². The van der Waals surface area contributed by atoms with Crippen molar-refractivity contribution >= 4 is 27.8 Å². The zero-order chi connectivity index (χ0) is 35.4. The molecule has 1 heteroatoms. The molecule has 0 spiro atoms. The lowest BCUT2D eigenvalue weighted by atomic mass is 9.86. The lowest BCUT2D eigenvalue weighted by Crippen LogP contribution is -2.11. The molecule has 0 aliphatic heterocycles. The van der Waals surface area contributed by atoms with Crippen LogP contribution in [0, 0.1) is 0 Å². The third kappa shape index (κ3) is 6.30. The fourth-order valence-corrected chi connectivity index (χ4v) is 7.57. The first-order chi connectivity index (χ1) is 26.3. The molecule has 9 aromatic rings. The first kappa shape index (κ1) is 32.0. The monoisotopic (exact) mass is 675 g/mol. The predicted molar refractivity (Wildman–Crippen MR) is 226 cm³/mol. The van der Waals surface area contributed by atoms with Gasteiger partial charge in [0.1, 0.15) is 0 Å². The third-order valence-corrected chi connectivity index (χ3v) is 10.1. The van der Waals surface area contributed by atoms with Gasteiger partial charge < -0.3 is 4.90 Å². The highest BCUT2D eigenvalue weighted by Crippen LogP contribution is 2.46. The molecule has 0 radical (unpaired) electrons. The maximum Gasteiger partial charge on any atom is 0.0540 e. The normalized spacial score (nSPS) is 11.0. The molecule has 53 heavy (non-hydrogen) atoms. The molecule has 0 aliphatic carbocycles. The Labute approximate surface area is 311 Å². The van der Waals surface area contributed by atoms with Crippen LogP contribution in [0.1, 0.15) is 0 Å². The van der Waals surface area contributed by atoms with Crippen molar-refractivity contribution in [3.8, 4) is 55.6 Å². The summed E-state index contributed by atoms with van der Waals surface area (Å²) in [5.41, 5.74) is 15.3. The summed E-state index contributed by atoms with van der Waals surface area (Å²) in [4.78, 5) is 2.39. The van der Waals surface area contributed by atoms with Crippen LogP contribution in [-0.2, 0) is 0 Å². The molecule has 1 nitrogen and oxygen atoms in total. The molecule has 0 aromatic heterocycles. The summed E-state index contributed by atoms with van der Waals surface area (Å²) in [7, 11) is 0. The van der Waals surface area contributed by atoms with Gasteiger partial charge in [-0.2, -0.15) is 0 Å². The second-order valence-corrected chi connectivity index (χ2v) is 13.3. The Balaban J connectivity index is 1.23. The largest absolute Gasteiger partial charge is 0.310 e. The number of benzene rings is 9. The summed E-state index contributed by atoms with van der Waals surface area (Å²) < 4.78 is 0. The van der Waals surface area contributed by atoms with E-state index < -0.39 is 0 Å². The second kappa shape index (κ2) is 14.3. The van der Waals surface area contributed by atoms with Crippen LogP contribution in [0.4, 0.5) is 17.1 Å². The molecule has 0 amide bonds. The number of para-hydroxylation sites is 2. The Morgan fingerprint density at radius 2 is 0.736 bits per heavy atom. The highest BCUT2D eigenvalue weighted by atomic mass is 15.1. The van der Waals surface area contributed by atoms with Crippen molar-refractivity contribution in [2.45, 2.75) is 0 Å². The molecule has 0 bridgehead atoms. The first-order valence-electron chi connectivity index (χ1n) is 18.2. The molecule has 250 valence electrons. The minimum Gasteiger partial charge on any atom is -0.310 e. The topological polar surface area (TPSA) is 3.24 Å². The van der Waals surface area contributed by atoms with E-state index in [2.05, 4.69) is 229 Å². The summed E-state index contributed by atoms with van der Waals surface area (Å²) >= 11 is 0. The molecule has 0 unspecified atom stereocenters. The van der Waals surface area contributed by atoms with Crippen molar-refractivity contribution in [1.82, 2.24) is 0 Å². The van der Waals surface area contributed by atoms with Crippen molar-refractivity contribution < 1.29 is 0 Å². The average Bonchev–Trinajstić information content (AvgIpc) is 3.25. The van der Waals surface area contributed by atoms with Gasteiger partial charge in [0, 0.05) is 16.9 Å². The van der Waals surface area contributed by atoms with Gasteiger partial charge in [-0.1, -0.05) is 188 Å². The van der Waals surface area contributed by atoms with Crippen molar-refractivity contribution in [2.24, 2.45) is 0 Å². The van der Waals surface area contributed by atoms with Gasteiger partial charge in [-0.05, 0) is 97.2 Å². The van der Waals surface area contributed by atoms with E-state index in [0.29, 0.717) is 0 Å². The van der Waals surface area contributed by atoms with E-state index in [1.54, 1.807) is 0 Å². The summed E-state index contributed by atoms with van der Waals surface area (Å²) in [5, 5.41) is 2.51. The summed E-state index contributed by atoms with van der Waals surface area (Å²) in [6.45, 7) is 0. The SMILES string of the molecule is c1ccc(-c2ccc(-c3ccccc3N(c3ccccc3)c3ccc(-c4cccc5ccccc45)cc3)c(-c3ccccc3-c3ccccc3)c2)cc1. The molecule has 0 aliphatic rings. The fraction of sp³-hybridized carbons (Fsp3) is 0. The summed E-state index contributed by atoms with van der Waals surface area (Å²) in [6, 6.07) is 80.8. The Morgan fingerprint density at radius 3 is 1.49 bits per heavy atom. The van der Waals surface area contributed by atoms with Crippen LogP contribution >= 0.6 is 0 Å². The van der Waals surface area contributed by atoms with Gasteiger partial charge in [-0.15, -0.1) is 0 Å². The van der Waals surface area contributed by atoms with Crippen molar-refractivity contribution in [3.63, 3.8) is 0 Å². The first-order valence-corrected chi connectivity index (χ1v) is 18.2. The maximum absolute atomic E-state index is 2.39. The number of rotatable bonds is 8. The quantitative estimate of drug-likeness (QED) is 0.155. The van der Waals surface area contributed by atoms with Crippen molar-refractivity contribution in [2.75, 3.05) is 4.90 Å². The van der Waals surface area contributed by atoms with Gasteiger partial charge in [-0.3, -0.25) is 0 Å². The predicted octanol–water partition coefficient (Wildman–Crippen LogP) is 14.6. The fourth-order valence-electron chi connectivity index (χ4n) is 7.57. The van der Waals surface area contributed by atoms with E-state index in [-0.39, 0.29) is 0 Å². The van der Waals surface area contributed by atoms with Gasteiger partial charge >= 0.3 is 0 Å². The zero-order valence-corrected chi connectivity index (χ0v) is 29.3. The molecule has 0 heterocycles. The number of fused-ring (bicyclic) bond motifs is 1. The van der Waals surface area contributed by atoms with E-state index in [4.69, 9.17) is 0 Å². The van der Waals surface area contributed by atoms with E-state index in [9.17, 15) is 0 Å². The minimum absolute atomic E-state index is 1.10. The Kier molecular flexibility index (Phi) is 8.66. The number of hydrogen-bond donors (Lipinski definition) is 0. The average molecular weight is 676 g/mol. The van der Waals surface area contributed by atoms with Crippen LogP contribution in [0.3, 0.4) is 0 Å². The molecule has 9 aromatic carbocycles. The zero-order valence-electron chi connectivity index (χ0n) is 29.3. The molecule has 0 fully saturated rings. The minimum atomic E-state index is 1.10. The maximum atomic E-state index is 2.39. The molecule has 0 N–H and O–H groups in total. The lowest BCUT2D eigenvalue weighted by molar-refractivity contribution is 1.28. The molecular formula is C52H37N. The molecule has 0 saturated heterocycles. The molecular weight excluding hydrogens is 639 g/mol. The standard InChI is InChI=1S/C52H37N/c1-4-17-38(18-5-1)42-33-36-49(51(37-42)48-27-13-12-26-47(48)39-19-6-2-7-20-39)50-28-14-15-30-52(50)53(43-23-8-3-9-24-43)44-34-31-41(32-35-44)46-29-16-22-40-21-10-11-25-45(40)46/h1-37H.